The molecule has 38 heavy (non-hydrogen) atoms. The van der Waals surface area contributed by atoms with Crippen LogP contribution in [0, 0.1) is 0 Å². The second kappa shape index (κ2) is 13.6. The van der Waals surface area contributed by atoms with Gasteiger partial charge in [-0.05, 0) is 76.3 Å². The van der Waals surface area contributed by atoms with Crippen LogP contribution in [-0.4, -0.2) is 61.9 Å². The van der Waals surface area contributed by atoms with E-state index in [2.05, 4.69) is 45.0 Å². The van der Waals surface area contributed by atoms with Gasteiger partial charge in [0, 0.05) is 52.4 Å². The average Bonchev–Trinajstić information content (AvgIpc) is 2.83. The van der Waals surface area contributed by atoms with E-state index < -0.39 is 8.07 Å². The highest BCUT2D eigenvalue weighted by Gasteiger charge is 2.31. The molecule has 0 aliphatic carbocycles. The quantitative estimate of drug-likeness (QED) is 0.177. The maximum absolute atomic E-state index is 6.91. The van der Waals surface area contributed by atoms with Crippen molar-refractivity contribution in [1.29, 1.82) is 0 Å². The van der Waals surface area contributed by atoms with Crippen molar-refractivity contribution in [3.63, 3.8) is 0 Å². The van der Waals surface area contributed by atoms with Gasteiger partial charge in [-0.25, -0.2) is 4.99 Å². The van der Waals surface area contributed by atoms with Gasteiger partial charge in [0.2, 0.25) is 5.94 Å². The summed E-state index contributed by atoms with van der Waals surface area (Å²) in [6, 6.07) is 15.6. The highest BCUT2D eigenvalue weighted by atomic mass is 35.5. The Kier molecular flexibility index (Phi) is 11.3. The maximum atomic E-state index is 6.91. The highest BCUT2D eigenvalue weighted by Crippen LogP contribution is 2.31. The fourth-order valence-electron chi connectivity index (χ4n) is 4.02. The Morgan fingerprint density at radius 1 is 1.03 bits per heavy atom. The second-order valence-electron chi connectivity index (χ2n) is 11.7. The van der Waals surface area contributed by atoms with Gasteiger partial charge in [0.1, 0.15) is 11.0 Å². The molecule has 1 heterocycles. The van der Waals surface area contributed by atoms with Crippen molar-refractivity contribution in [2.45, 2.75) is 50.7 Å². The molecule has 0 radical (unpaired) electrons. The van der Waals surface area contributed by atoms with Gasteiger partial charge in [-0.2, -0.15) is 0 Å². The Labute approximate surface area is 247 Å². The third-order valence-electron chi connectivity index (χ3n) is 7.09. The molecule has 0 saturated carbocycles. The van der Waals surface area contributed by atoms with Crippen molar-refractivity contribution in [2.24, 2.45) is 10.7 Å². The van der Waals surface area contributed by atoms with Crippen molar-refractivity contribution in [3.05, 3.63) is 74.4 Å². The Bertz CT molecular complexity index is 1150. The van der Waals surface area contributed by atoms with Gasteiger partial charge in [0.05, 0.1) is 23.0 Å². The molecule has 208 valence electrons. The molecule has 1 atom stereocenters. The summed E-state index contributed by atoms with van der Waals surface area (Å²) in [5, 5.41) is 1.70. The van der Waals surface area contributed by atoms with Crippen LogP contribution in [0.3, 0.4) is 0 Å². The summed E-state index contributed by atoms with van der Waals surface area (Å²) < 4.78 is 6.51. The molecule has 2 aromatic rings. The monoisotopic (exact) mass is 612 g/mol. The van der Waals surface area contributed by atoms with E-state index in [1.54, 1.807) is 12.1 Å². The normalized spacial score (nSPS) is 18.3. The number of nitrogens with two attached hydrogens (primary N) is 1. The molecule has 1 saturated heterocycles. The standard InChI is InChI=1S/C29H41Cl3N3OSSi/c1-29(2,3)37(4)20-36-19-24(26(33)18-35-13-15-38(5,6)16-14-35)28(21-7-9-22(30)10-8-21)34-27-12-11-23(31)17-25(27)32/h7-12,17H,13-16,18-20,33H2,1-6H3/q+1. The third-order valence-corrected chi connectivity index (χ3v) is 13.6. The maximum Gasteiger partial charge on any atom is 0.208 e. The zero-order chi connectivity index (χ0) is 28.1. The van der Waals surface area contributed by atoms with Crippen LogP contribution in [0.15, 0.2) is 58.7 Å². The van der Waals surface area contributed by atoms with E-state index in [1.165, 1.54) is 12.1 Å². The number of rotatable bonds is 9. The number of halogens is 3. The molecule has 0 spiro atoms. The topological polar surface area (TPSA) is 50.9 Å². The molecule has 0 aromatic heterocycles. The molecule has 9 heteroatoms. The minimum absolute atomic E-state index is 0.0785. The molecular formula is C29H41Cl3N3OSSi+. The first kappa shape index (κ1) is 31.5. The van der Waals surface area contributed by atoms with Gasteiger partial charge in [0.25, 0.3) is 0 Å². The van der Waals surface area contributed by atoms with Gasteiger partial charge in [0.15, 0.2) is 0 Å². The van der Waals surface area contributed by atoms with E-state index in [0.29, 0.717) is 39.8 Å². The Hall–Kier alpha value is -0.993. The van der Waals surface area contributed by atoms with Crippen LogP contribution in [0.4, 0.5) is 5.69 Å². The zero-order valence-corrected chi connectivity index (χ0v) is 27.5. The first-order chi connectivity index (χ1) is 17.7. The molecule has 2 N–H and O–H groups in total. The van der Waals surface area contributed by atoms with Gasteiger partial charge in [-0.1, -0.05) is 60.0 Å². The van der Waals surface area contributed by atoms with Gasteiger partial charge in [-0.3, -0.25) is 4.90 Å². The summed E-state index contributed by atoms with van der Waals surface area (Å²) in [5.41, 5.74) is 10.8. The lowest BCUT2D eigenvalue weighted by Crippen LogP contribution is -2.44. The van der Waals surface area contributed by atoms with Crippen LogP contribution in [0.1, 0.15) is 26.3 Å². The van der Waals surface area contributed by atoms with Crippen LogP contribution in [-0.2, 0) is 15.6 Å². The number of aliphatic imine (C=N–C) groups is 1. The molecule has 0 bridgehead atoms. The minimum Gasteiger partial charge on any atom is -0.401 e. The first-order valence-electron chi connectivity index (χ1n) is 13.0. The molecule has 4 nitrogen and oxygen atoms in total. The number of benzene rings is 2. The third kappa shape index (κ3) is 9.29. The number of hydrogen-bond donors (Lipinski definition) is 1. The Morgan fingerprint density at radius 3 is 2.21 bits per heavy atom. The minimum atomic E-state index is -1.09. The van der Waals surface area contributed by atoms with Crippen molar-refractivity contribution in [1.82, 2.24) is 4.90 Å². The van der Waals surface area contributed by atoms with Crippen LogP contribution in [0.5, 0.6) is 0 Å². The highest BCUT2D eigenvalue weighted by molar-refractivity contribution is 7.97. The average molecular weight is 614 g/mol. The lowest BCUT2D eigenvalue weighted by Gasteiger charge is -2.36. The Morgan fingerprint density at radius 2 is 1.63 bits per heavy atom. The lowest BCUT2D eigenvalue weighted by molar-refractivity contribution is 0.208. The van der Waals surface area contributed by atoms with Gasteiger partial charge in [-0.15, -0.1) is 0 Å². The van der Waals surface area contributed by atoms with Crippen LogP contribution in [0.25, 0.3) is 0 Å². The van der Waals surface area contributed by atoms with Crippen LogP contribution >= 0.6 is 34.8 Å². The van der Waals surface area contributed by atoms with E-state index in [4.69, 9.17) is 50.3 Å². The van der Waals surface area contributed by atoms with E-state index >= 15 is 0 Å². The number of ether oxygens (including phenoxy) is 1. The van der Waals surface area contributed by atoms with E-state index in [1.807, 2.05) is 30.3 Å². The summed E-state index contributed by atoms with van der Waals surface area (Å²) in [6.07, 6.45) is 2.24. The van der Waals surface area contributed by atoms with Crippen molar-refractivity contribution >= 4 is 65.2 Å². The summed E-state index contributed by atoms with van der Waals surface area (Å²) in [5.74, 6) is 0.652. The van der Waals surface area contributed by atoms with Crippen molar-refractivity contribution < 1.29 is 4.74 Å². The molecule has 1 aliphatic heterocycles. The molecular weight excluding hydrogens is 573 g/mol. The molecule has 1 fully saturated rings. The molecule has 1 aliphatic rings. The molecule has 3 rings (SSSR count). The summed E-state index contributed by atoms with van der Waals surface area (Å²) in [4.78, 5) is 7.50. The van der Waals surface area contributed by atoms with Crippen LogP contribution < -0.4 is 5.73 Å². The molecule has 0 amide bonds. The predicted octanol–water partition coefficient (Wildman–Crippen LogP) is 8.03. The summed E-state index contributed by atoms with van der Waals surface area (Å²) in [6.45, 7) is 14.9. The predicted molar refractivity (Wildman–Crippen MR) is 173 cm³/mol. The fourth-order valence-corrected chi connectivity index (χ4v) is 7.37. The summed E-state index contributed by atoms with van der Waals surface area (Å²) >= 11 is 19.0. The Balaban J connectivity index is 2.04. The molecule has 2 aromatic carbocycles. The molecule has 1 unspecified atom stereocenters. The smallest absolute Gasteiger partial charge is 0.208 e. The van der Waals surface area contributed by atoms with Gasteiger partial charge >= 0.3 is 0 Å². The van der Waals surface area contributed by atoms with Crippen molar-refractivity contribution in [3.8, 4) is 0 Å². The van der Waals surface area contributed by atoms with Gasteiger partial charge < -0.3 is 10.5 Å². The lowest BCUT2D eigenvalue weighted by atomic mass is 10.00. The fraction of sp³-hybridized carbons (Fsp3) is 0.483. The number of hydrogen-bond acceptors (Lipinski definition) is 4. The largest absolute Gasteiger partial charge is 0.401 e. The summed E-state index contributed by atoms with van der Waals surface area (Å²) in [7, 11) is -1.01. The van der Waals surface area contributed by atoms with E-state index in [-0.39, 0.29) is 15.6 Å². The van der Waals surface area contributed by atoms with Crippen molar-refractivity contribution in [2.75, 3.05) is 38.4 Å². The zero-order valence-electron chi connectivity index (χ0n) is 23.4. The first-order valence-corrected chi connectivity index (χ1v) is 19.3. The second-order valence-corrected chi connectivity index (χ2v) is 21.1. The van der Waals surface area contributed by atoms with E-state index in [0.717, 1.165) is 35.6 Å². The SMILES string of the molecule is C[S+](COCC(C(=Nc1ccc(Cl)cc1Cl)c1ccc(Cl)cc1)=C(N)CN1CC[Si](C)(C)CC1)C(C)(C)C. The number of nitrogens with zero attached hydrogens (tertiary/aromatic N) is 2. The van der Waals surface area contributed by atoms with E-state index in [9.17, 15) is 0 Å². The van der Waals surface area contributed by atoms with Crippen LogP contribution in [0.2, 0.25) is 40.3 Å².